The van der Waals surface area contributed by atoms with Gasteiger partial charge in [-0.15, -0.1) is 0 Å². The van der Waals surface area contributed by atoms with Gasteiger partial charge in [0.2, 0.25) is 0 Å². The van der Waals surface area contributed by atoms with Gasteiger partial charge in [-0.25, -0.2) is 0 Å². The number of nitrogens with one attached hydrogen (secondary N) is 1. The summed E-state index contributed by atoms with van der Waals surface area (Å²) in [5.74, 6) is 5.74. The minimum Gasteiger partial charge on any atom is -0.378 e. The molecular weight excluding hydrogens is 236 g/mol. The highest BCUT2D eigenvalue weighted by atomic mass is 16.5. The fraction of sp³-hybridized carbons (Fsp3) is 0.625. The lowest BCUT2D eigenvalue weighted by atomic mass is 9.94. The van der Waals surface area contributed by atoms with Crippen LogP contribution in [0.25, 0.3) is 0 Å². The molecule has 2 rings (SSSR count). The second kappa shape index (κ2) is 7.04. The summed E-state index contributed by atoms with van der Waals surface area (Å²) in [6, 6.07) is 6.70. The molecule has 0 radical (unpaired) electrons. The van der Waals surface area contributed by atoms with E-state index in [1.54, 1.807) is 0 Å². The Labute approximate surface area is 116 Å². The van der Waals surface area contributed by atoms with Gasteiger partial charge in [0.1, 0.15) is 0 Å². The van der Waals surface area contributed by atoms with Crippen LogP contribution >= 0.6 is 0 Å². The molecule has 1 aliphatic heterocycles. The Morgan fingerprint density at radius 3 is 2.95 bits per heavy atom. The third-order valence-electron chi connectivity index (χ3n) is 4.27. The molecule has 1 heterocycles. The molecule has 0 saturated carbocycles. The first-order valence-corrected chi connectivity index (χ1v) is 7.36. The molecule has 2 atom stereocenters. The minimum absolute atomic E-state index is 0.251. The van der Waals surface area contributed by atoms with E-state index in [1.165, 1.54) is 29.5 Å². The lowest BCUT2D eigenvalue weighted by molar-refractivity contribution is 0.101. The molecule has 1 aromatic rings. The molecule has 0 aliphatic carbocycles. The van der Waals surface area contributed by atoms with Crippen molar-refractivity contribution in [1.82, 2.24) is 5.43 Å². The van der Waals surface area contributed by atoms with Gasteiger partial charge in [0, 0.05) is 12.6 Å². The summed E-state index contributed by atoms with van der Waals surface area (Å²) in [6.45, 7) is 5.27. The molecule has 1 aliphatic rings. The van der Waals surface area contributed by atoms with Crippen molar-refractivity contribution in [2.45, 2.75) is 58.1 Å². The van der Waals surface area contributed by atoms with Crippen LogP contribution in [-0.4, -0.2) is 12.7 Å². The normalized spacial score (nSPS) is 20.7. The molecule has 0 bridgehead atoms. The topological polar surface area (TPSA) is 47.3 Å². The van der Waals surface area contributed by atoms with E-state index in [-0.39, 0.29) is 6.04 Å². The zero-order valence-electron chi connectivity index (χ0n) is 12.1. The fourth-order valence-electron chi connectivity index (χ4n) is 2.90. The predicted octanol–water partition coefficient (Wildman–Crippen LogP) is 3.16. The molecule has 19 heavy (non-hydrogen) atoms. The summed E-state index contributed by atoms with van der Waals surface area (Å²) in [5, 5.41) is 0. The van der Waals surface area contributed by atoms with Crippen molar-refractivity contribution in [2.24, 2.45) is 5.84 Å². The van der Waals surface area contributed by atoms with E-state index < -0.39 is 0 Å². The van der Waals surface area contributed by atoms with Gasteiger partial charge in [0.05, 0.1) is 6.10 Å². The Morgan fingerprint density at radius 2 is 2.26 bits per heavy atom. The van der Waals surface area contributed by atoms with Gasteiger partial charge in [-0.1, -0.05) is 18.2 Å². The monoisotopic (exact) mass is 262 g/mol. The SMILES string of the molecule is Cc1cccc(C(CCCC2CCCO2)NN)c1C. The van der Waals surface area contributed by atoms with Gasteiger partial charge in [-0.3, -0.25) is 11.3 Å². The maximum absolute atomic E-state index is 5.74. The van der Waals surface area contributed by atoms with E-state index in [2.05, 4.69) is 37.5 Å². The zero-order valence-corrected chi connectivity index (χ0v) is 12.1. The maximum atomic E-state index is 5.74. The van der Waals surface area contributed by atoms with E-state index in [4.69, 9.17) is 10.6 Å². The lowest BCUT2D eigenvalue weighted by Crippen LogP contribution is -2.28. The van der Waals surface area contributed by atoms with Crippen LogP contribution in [0.5, 0.6) is 0 Å². The number of hydrogen-bond acceptors (Lipinski definition) is 3. The van der Waals surface area contributed by atoms with Crippen molar-refractivity contribution in [2.75, 3.05) is 6.61 Å². The Morgan fingerprint density at radius 1 is 1.42 bits per heavy atom. The van der Waals surface area contributed by atoms with Crippen LogP contribution in [0.3, 0.4) is 0 Å². The third kappa shape index (κ3) is 3.78. The van der Waals surface area contributed by atoms with Gasteiger partial charge >= 0.3 is 0 Å². The van der Waals surface area contributed by atoms with Crippen LogP contribution < -0.4 is 11.3 Å². The molecule has 0 spiro atoms. The Kier molecular flexibility index (Phi) is 5.37. The number of aryl methyl sites for hydroxylation is 1. The first-order chi connectivity index (χ1) is 9.22. The zero-order chi connectivity index (χ0) is 13.7. The van der Waals surface area contributed by atoms with Crippen LogP contribution in [0.1, 0.15) is 54.8 Å². The quantitative estimate of drug-likeness (QED) is 0.611. The van der Waals surface area contributed by atoms with Gasteiger partial charge < -0.3 is 4.74 Å². The second-order valence-corrected chi connectivity index (χ2v) is 5.57. The molecule has 1 aromatic carbocycles. The first-order valence-electron chi connectivity index (χ1n) is 7.36. The fourth-order valence-corrected chi connectivity index (χ4v) is 2.90. The minimum atomic E-state index is 0.251. The lowest BCUT2D eigenvalue weighted by Gasteiger charge is -2.20. The van der Waals surface area contributed by atoms with Crippen LogP contribution in [0.4, 0.5) is 0 Å². The predicted molar refractivity (Wildman–Crippen MR) is 78.8 cm³/mol. The molecule has 2 unspecified atom stereocenters. The summed E-state index contributed by atoms with van der Waals surface area (Å²) in [5.41, 5.74) is 6.98. The molecule has 0 aromatic heterocycles. The van der Waals surface area contributed by atoms with Crippen molar-refractivity contribution in [3.63, 3.8) is 0 Å². The molecule has 1 fully saturated rings. The molecule has 3 N–H and O–H groups in total. The van der Waals surface area contributed by atoms with Gasteiger partial charge in [-0.2, -0.15) is 0 Å². The summed E-state index contributed by atoms with van der Waals surface area (Å²) in [7, 11) is 0. The van der Waals surface area contributed by atoms with Crippen molar-refractivity contribution >= 4 is 0 Å². The van der Waals surface area contributed by atoms with E-state index in [1.807, 2.05) is 0 Å². The number of hydrogen-bond donors (Lipinski definition) is 2. The second-order valence-electron chi connectivity index (χ2n) is 5.57. The van der Waals surface area contributed by atoms with Crippen LogP contribution in [-0.2, 0) is 4.74 Å². The van der Waals surface area contributed by atoms with E-state index >= 15 is 0 Å². The molecule has 3 heteroatoms. The first kappa shape index (κ1) is 14.5. The molecule has 0 amide bonds. The molecular formula is C16H26N2O. The number of rotatable bonds is 6. The average Bonchev–Trinajstić information content (AvgIpc) is 2.92. The Hall–Kier alpha value is -0.900. The average molecular weight is 262 g/mol. The van der Waals surface area contributed by atoms with E-state index in [0.717, 1.165) is 25.9 Å². The summed E-state index contributed by atoms with van der Waals surface area (Å²) in [4.78, 5) is 0. The highest BCUT2D eigenvalue weighted by Crippen LogP contribution is 2.26. The van der Waals surface area contributed by atoms with Crippen molar-refractivity contribution < 1.29 is 4.74 Å². The third-order valence-corrected chi connectivity index (χ3v) is 4.27. The van der Waals surface area contributed by atoms with E-state index in [9.17, 15) is 0 Å². The van der Waals surface area contributed by atoms with Crippen molar-refractivity contribution in [3.05, 3.63) is 34.9 Å². The Bertz CT molecular complexity index is 400. The number of nitrogens with two attached hydrogens (primary N) is 1. The highest BCUT2D eigenvalue weighted by molar-refractivity contribution is 5.35. The van der Waals surface area contributed by atoms with Crippen molar-refractivity contribution in [1.29, 1.82) is 0 Å². The standard InChI is InChI=1S/C16H26N2O/c1-12-6-3-9-15(13(12)2)16(18-17)10-4-7-14-8-5-11-19-14/h3,6,9,14,16,18H,4-5,7-8,10-11,17H2,1-2H3. The molecule has 106 valence electrons. The van der Waals surface area contributed by atoms with Gasteiger partial charge in [-0.05, 0) is 62.6 Å². The maximum Gasteiger partial charge on any atom is 0.0576 e. The molecule has 1 saturated heterocycles. The van der Waals surface area contributed by atoms with Crippen LogP contribution in [0.2, 0.25) is 0 Å². The van der Waals surface area contributed by atoms with Crippen molar-refractivity contribution in [3.8, 4) is 0 Å². The van der Waals surface area contributed by atoms with E-state index in [0.29, 0.717) is 6.10 Å². The number of ether oxygens (including phenoxy) is 1. The number of hydrazine groups is 1. The van der Waals surface area contributed by atoms with Crippen LogP contribution in [0, 0.1) is 13.8 Å². The summed E-state index contributed by atoms with van der Waals surface area (Å²) < 4.78 is 5.67. The van der Waals surface area contributed by atoms with Crippen LogP contribution in [0.15, 0.2) is 18.2 Å². The highest BCUT2D eigenvalue weighted by Gasteiger charge is 2.17. The summed E-state index contributed by atoms with van der Waals surface area (Å²) in [6.07, 6.45) is 6.32. The number of benzene rings is 1. The summed E-state index contributed by atoms with van der Waals surface area (Å²) >= 11 is 0. The van der Waals surface area contributed by atoms with Gasteiger partial charge in [0.25, 0.3) is 0 Å². The van der Waals surface area contributed by atoms with Gasteiger partial charge in [0.15, 0.2) is 0 Å². The largest absolute Gasteiger partial charge is 0.378 e. The Balaban J connectivity index is 1.90. The molecule has 3 nitrogen and oxygen atoms in total. The smallest absolute Gasteiger partial charge is 0.0576 e.